The largest absolute Gasteiger partial charge is 0.305 e. The zero-order valence-electron chi connectivity index (χ0n) is 70.9. The second-order valence-corrected chi connectivity index (χ2v) is 34.1. The van der Waals surface area contributed by atoms with Crippen molar-refractivity contribution in [3.63, 3.8) is 0 Å². The summed E-state index contributed by atoms with van der Waals surface area (Å²) >= 11 is 0. The number of benzene rings is 10. The van der Waals surface area contributed by atoms with Crippen LogP contribution in [0.25, 0.3) is 112 Å². The van der Waals surface area contributed by atoms with Crippen LogP contribution in [0.4, 0.5) is 0 Å². The molecule has 0 atom stereocenters. The maximum absolute atomic E-state index is 4.52. The van der Waals surface area contributed by atoms with Gasteiger partial charge in [0.15, 0.2) is 0 Å². The minimum atomic E-state index is 0. The number of pyridine rings is 5. The topological polar surface area (TPSA) is 64.5 Å². The summed E-state index contributed by atoms with van der Waals surface area (Å²) in [6.45, 7) is 39.9. The van der Waals surface area contributed by atoms with Crippen LogP contribution in [0.2, 0.25) is 0 Å². The van der Waals surface area contributed by atoms with Crippen LogP contribution in [0.3, 0.4) is 0 Å². The molecule has 5 nitrogen and oxygen atoms in total. The van der Waals surface area contributed by atoms with Gasteiger partial charge in [-0.05, 0) is 161 Å². The maximum Gasteiger partial charge on any atom is 0.0190 e. The Morgan fingerprint density at radius 1 is 0.212 bits per heavy atom. The molecular weight excluding hydrogens is 2330 g/mol. The van der Waals surface area contributed by atoms with Gasteiger partial charge >= 0.3 is 0 Å². The zero-order chi connectivity index (χ0) is 80.5. The van der Waals surface area contributed by atoms with Gasteiger partial charge in [0.25, 0.3) is 0 Å². The Hall–Kier alpha value is -8.80. The summed E-state index contributed by atoms with van der Waals surface area (Å²) in [7, 11) is 0. The molecule has 0 aliphatic rings. The van der Waals surface area contributed by atoms with E-state index in [2.05, 4.69) is 392 Å². The second kappa shape index (κ2) is 44.5. The van der Waals surface area contributed by atoms with Crippen LogP contribution < -0.4 is 0 Å². The third kappa shape index (κ3) is 27.6. The van der Waals surface area contributed by atoms with Crippen LogP contribution >= 0.6 is 0 Å². The van der Waals surface area contributed by atoms with Crippen molar-refractivity contribution < 1.29 is 101 Å². The molecule has 613 valence electrons. The van der Waals surface area contributed by atoms with Crippen molar-refractivity contribution in [2.75, 3.05) is 0 Å². The van der Waals surface area contributed by atoms with Gasteiger partial charge in [-0.25, -0.2) is 0 Å². The molecule has 0 amide bonds. The number of hydrogen-bond acceptors (Lipinski definition) is 5. The molecule has 0 aliphatic heterocycles. The molecule has 5 aromatic heterocycles. The van der Waals surface area contributed by atoms with Gasteiger partial charge in [0.1, 0.15) is 0 Å². The van der Waals surface area contributed by atoms with Gasteiger partial charge in [0.2, 0.25) is 0 Å². The first-order chi connectivity index (χ1) is 53.9. The molecule has 10 heteroatoms. The van der Waals surface area contributed by atoms with Crippen LogP contribution in [0, 0.1) is 51.1 Å². The molecular formula is C108H106Ir5N5-5. The maximum atomic E-state index is 4.52. The number of aryl methyl sites for hydroxylation is 3. The van der Waals surface area contributed by atoms with Crippen molar-refractivity contribution in [3.05, 3.63) is 391 Å². The van der Waals surface area contributed by atoms with E-state index in [1.807, 2.05) is 104 Å². The number of rotatable bonds is 10. The Bertz CT molecular complexity index is 5610. The van der Waals surface area contributed by atoms with E-state index in [1.54, 1.807) is 0 Å². The van der Waals surface area contributed by atoms with Gasteiger partial charge < -0.3 is 24.9 Å². The molecule has 5 heterocycles. The summed E-state index contributed by atoms with van der Waals surface area (Å²) in [5.74, 6) is 0. The Labute approximate surface area is 772 Å². The monoisotopic (exact) mass is 2440 g/mol. The molecule has 118 heavy (non-hydrogen) atoms. The summed E-state index contributed by atoms with van der Waals surface area (Å²) in [6.07, 6.45) is 9.29. The van der Waals surface area contributed by atoms with E-state index < -0.39 is 0 Å². The van der Waals surface area contributed by atoms with Crippen LogP contribution in [-0.4, -0.2) is 24.9 Å². The summed E-state index contributed by atoms with van der Waals surface area (Å²) in [5.41, 5.74) is 33.2. The molecule has 0 N–H and O–H groups in total. The Kier molecular flexibility index (Phi) is 36.9. The van der Waals surface area contributed by atoms with Gasteiger partial charge in [-0.15, -0.1) is 177 Å². The first-order valence-corrected chi connectivity index (χ1v) is 39.1. The minimum Gasteiger partial charge on any atom is -0.305 e. The van der Waals surface area contributed by atoms with E-state index in [-0.39, 0.29) is 128 Å². The number of nitrogens with zero attached hydrogens (tertiary/aromatic N) is 5. The molecule has 15 rings (SSSR count). The van der Waals surface area contributed by atoms with Gasteiger partial charge in [0, 0.05) is 132 Å². The van der Waals surface area contributed by atoms with Crippen LogP contribution in [-0.2, 0) is 128 Å². The third-order valence-corrected chi connectivity index (χ3v) is 19.8. The zero-order valence-corrected chi connectivity index (χ0v) is 82.9. The summed E-state index contributed by atoms with van der Waals surface area (Å²) < 4.78 is 0. The fraction of sp³-hybridized carbons (Fsp3) is 0.213. The SMILES string of the molecule is CC(C)(C)c1cccc(-c2cc[c-]c(-c3ccccn3)c2)c1.CC(C)(C)c1ccccc1-c1cc[c-]c(-c2ccccn2)c1.Cc1ccc(-c2[c-]ccc(-c3cccc(C(C)(C)C)c3)c2)nc1.Cc1ccc(-c2[c-]ccc(-c3ccccc3C(C)(C)C)c2)nc1.Cc1ccnc(-c2[c-]ccc(-c3ccc(C(C)(C)C)cc3)c2)c1.[Ir].[Ir].[Ir].[Ir].[Ir]. The number of aromatic nitrogens is 5. The van der Waals surface area contributed by atoms with Crippen LogP contribution in [0.5, 0.6) is 0 Å². The second-order valence-electron chi connectivity index (χ2n) is 34.1. The minimum absolute atomic E-state index is 0. The Balaban J connectivity index is 0.000000227. The van der Waals surface area contributed by atoms with Gasteiger partial charge in [-0.2, -0.15) is 0 Å². The first kappa shape index (κ1) is 98.0. The normalized spacial score (nSPS) is 11.0. The van der Waals surface area contributed by atoms with Crippen molar-refractivity contribution in [3.8, 4) is 112 Å². The van der Waals surface area contributed by atoms with Crippen molar-refractivity contribution in [2.45, 2.75) is 152 Å². The van der Waals surface area contributed by atoms with E-state index in [4.69, 9.17) is 0 Å². The predicted octanol–water partition coefficient (Wildman–Crippen LogP) is 28.5. The molecule has 0 saturated carbocycles. The molecule has 0 unspecified atom stereocenters. The van der Waals surface area contributed by atoms with E-state index in [0.717, 1.165) is 56.3 Å². The van der Waals surface area contributed by atoms with Crippen molar-refractivity contribution in [1.82, 2.24) is 24.9 Å². The van der Waals surface area contributed by atoms with E-state index in [0.29, 0.717) is 0 Å². The average molecular weight is 2440 g/mol. The van der Waals surface area contributed by atoms with Gasteiger partial charge in [-0.1, -0.05) is 285 Å². The molecule has 0 spiro atoms. The molecule has 15 aromatic rings. The quantitative estimate of drug-likeness (QED) is 0.128. The standard InChI is InChI=1S/3C22H22N.2C21H20N.5Ir/c1-16-11-12-21(23-15-16)19-9-5-7-17(13-19)18-8-6-10-20(14-18)22(2,3)4;1-16-12-13-21(23-15-16)18-9-7-8-17(14-18)19-10-5-6-11-20(19)22(2,3)4;1-16-12-13-23-21(14-16)19-7-5-6-18(15-19)17-8-10-20(11-9-17)22(2,3)4;1-21(2,3)19-11-7-9-17(15-19)16-8-6-10-18(14-16)20-12-4-5-13-22-20;1-21(2,3)19-12-5-4-11-18(19)16-9-8-10-17(15-16)20-13-6-7-14-22-20;;;;;/h2*5-8,10-15H,1-4H3;5-6,8-15H,1-4H3;2*4-9,11-15H,1-3H3;;;;;/q5*-1;;;;;. The third-order valence-electron chi connectivity index (χ3n) is 19.8. The van der Waals surface area contributed by atoms with Crippen molar-refractivity contribution >= 4 is 0 Å². The van der Waals surface area contributed by atoms with E-state index in [1.165, 1.54) is 100 Å². The van der Waals surface area contributed by atoms with Crippen LogP contribution in [0.15, 0.2) is 316 Å². The summed E-state index contributed by atoms with van der Waals surface area (Å²) in [5, 5.41) is 0. The molecule has 0 bridgehead atoms. The fourth-order valence-corrected chi connectivity index (χ4v) is 13.2. The first-order valence-electron chi connectivity index (χ1n) is 39.1. The van der Waals surface area contributed by atoms with Gasteiger partial charge in [0.05, 0.1) is 0 Å². The van der Waals surface area contributed by atoms with E-state index in [9.17, 15) is 0 Å². The van der Waals surface area contributed by atoms with Crippen LogP contribution in [0.1, 0.15) is 148 Å². The smallest absolute Gasteiger partial charge is 0.0190 e. The molecule has 5 radical (unpaired) electrons. The van der Waals surface area contributed by atoms with Gasteiger partial charge in [-0.3, -0.25) is 0 Å². The summed E-state index contributed by atoms with van der Waals surface area (Å²) in [6, 6.07) is 116. The fourth-order valence-electron chi connectivity index (χ4n) is 13.2. The molecule has 0 fully saturated rings. The Morgan fingerprint density at radius 3 is 0.873 bits per heavy atom. The number of hydrogen-bond donors (Lipinski definition) is 0. The Morgan fingerprint density at radius 2 is 0.534 bits per heavy atom. The molecule has 10 aromatic carbocycles. The predicted molar refractivity (Wildman–Crippen MR) is 477 cm³/mol. The van der Waals surface area contributed by atoms with E-state index >= 15 is 0 Å². The molecule has 0 aliphatic carbocycles. The van der Waals surface area contributed by atoms with Crippen molar-refractivity contribution in [1.29, 1.82) is 0 Å². The summed E-state index contributed by atoms with van der Waals surface area (Å²) in [4.78, 5) is 22.3. The molecule has 0 saturated heterocycles. The average Bonchev–Trinajstić information content (AvgIpc) is 0.803. The van der Waals surface area contributed by atoms with Crippen molar-refractivity contribution in [2.24, 2.45) is 0 Å².